The Bertz CT molecular complexity index is 1090. The Labute approximate surface area is 169 Å². The van der Waals surface area contributed by atoms with E-state index in [0.717, 1.165) is 5.56 Å². The Balaban J connectivity index is 2.19. The second-order valence-electron chi connectivity index (χ2n) is 5.49. The molecule has 3 rings (SSSR count). The molecule has 1 N–H and O–H groups in total. The second kappa shape index (κ2) is 6.33. The van der Waals surface area contributed by atoms with E-state index in [9.17, 15) is 13.5 Å². The Hall–Kier alpha value is -0.970. The fourth-order valence-corrected chi connectivity index (χ4v) is 4.79. The lowest BCUT2D eigenvalue weighted by Gasteiger charge is -2.13. The van der Waals surface area contributed by atoms with E-state index < -0.39 is 11.3 Å². The van der Waals surface area contributed by atoms with E-state index in [-0.39, 0.29) is 10.6 Å². The summed E-state index contributed by atoms with van der Waals surface area (Å²) in [5.41, 5.74) is 2.89. The molecule has 6 nitrogen and oxygen atoms in total. The van der Waals surface area contributed by atoms with Crippen LogP contribution >= 0.6 is 47.8 Å². The van der Waals surface area contributed by atoms with Gasteiger partial charge in [-0.3, -0.25) is 0 Å². The fourth-order valence-electron chi connectivity index (χ4n) is 2.33. The normalized spacial score (nSPS) is 12.7. The van der Waals surface area contributed by atoms with E-state index in [1.54, 1.807) is 13.0 Å². The number of hydrogen-bond acceptors (Lipinski definition) is 5. The van der Waals surface area contributed by atoms with Crippen LogP contribution in [-0.4, -0.2) is 30.0 Å². The van der Waals surface area contributed by atoms with Crippen molar-refractivity contribution in [2.45, 2.75) is 20.2 Å². The summed E-state index contributed by atoms with van der Waals surface area (Å²) >= 11 is 9.12. The highest BCUT2D eigenvalue weighted by Crippen LogP contribution is 2.43. The van der Waals surface area contributed by atoms with Crippen molar-refractivity contribution >= 4 is 68.7 Å². The maximum Gasteiger partial charge on any atom is 0.239 e. The predicted octanol–water partition coefficient (Wildman–Crippen LogP) is 4.31. The monoisotopic (exact) mass is 551 g/mol. The van der Waals surface area contributed by atoms with Crippen molar-refractivity contribution < 1.29 is 13.5 Å². The highest BCUT2D eigenvalue weighted by molar-refractivity contribution is 9.42. The van der Waals surface area contributed by atoms with Crippen LogP contribution in [0, 0.1) is 13.8 Å². The number of fused-ring (bicyclic) bond motifs is 1. The molecule has 10 heteroatoms. The Morgan fingerprint density at radius 1 is 1.00 bits per heavy atom. The standard InChI is InChI=1S/C15H12Br3N3O3S/c1-8-3-4-9(2)14(22)13(8)21-19-11-6-5-10(7-12(11)20-21)25(23,24)15(16,17)18/h3-7,22H,1-2H3. The van der Waals surface area contributed by atoms with Crippen LogP contribution in [0.15, 0.2) is 35.2 Å². The molecule has 0 aliphatic heterocycles. The summed E-state index contributed by atoms with van der Waals surface area (Å²) in [6, 6.07) is 8.15. The minimum Gasteiger partial charge on any atom is -0.505 e. The molecule has 0 fully saturated rings. The van der Waals surface area contributed by atoms with Crippen LogP contribution in [0.25, 0.3) is 16.7 Å². The second-order valence-corrected chi connectivity index (χ2v) is 15.9. The summed E-state index contributed by atoms with van der Waals surface area (Å²) in [5.74, 6) is 0.0912. The van der Waals surface area contributed by atoms with Gasteiger partial charge in [-0.2, -0.15) is 0 Å². The maximum atomic E-state index is 12.5. The Morgan fingerprint density at radius 2 is 1.60 bits per heavy atom. The molecular weight excluding hydrogens is 542 g/mol. The average molecular weight is 554 g/mol. The van der Waals surface area contributed by atoms with Crippen molar-refractivity contribution in [3.8, 4) is 11.4 Å². The molecule has 25 heavy (non-hydrogen) atoms. The topological polar surface area (TPSA) is 85.1 Å². The largest absolute Gasteiger partial charge is 0.505 e. The molecule has 0 amide bonds. The van der Waals surface area contributed by atoms with E-state index in [4.69, 9.17) is 0 Å². The summed E-state index contributed by atoms with van der Waals surface area (Å²) in [6.45, 7) is 3.63. The summed E-state index contributed by atoms with van der Waals surface area (Å²) in [4.78, 5) is 1.39. The number of benzene rings is 2. The van der Waals surface area contributed by atoms with E-state index in [2.05, 4.69) is 58.0 Å². The minimum atomic E-state index is -3.72. The van der Waals surface area contributed by atoms with Crippen molar-refractivity contribution in [1.29, 1.82) is 0 Å². The first kappa shape index (κ1) is 18.8. The number of nitrogens with zero attached hydrogens (tertiary/aromatic N) is 3. The quantitative estimate of drug-likeness (QED) is 0.478. The van der Waals surface area contributed by atoms with Gasteiger partial charge in [-0.05, 0) is 91.0 Å². The zero-order valence-electron chi connectivity index (χ0n) is 13.0. The molecule has 0 unspecified atom stereocenters. The molecule has 1 aromatic heterocycles. The molecule has 0 spiro atoms. The molecule has 0 radical (unpaired) electrons. The number of halogens is 3. The number of aromatic nitrogens is 3. The molecule has 2 aromatic carbocycles. The Morgan fingerprint density at radius 3 is 2.24 bits per heavy atom. The lowest BCUT2D eigenvalue weighted by molar-refractivity contribution is 0.463. The highest BCUT2D eigenvalue weighted by atomic mass is 80.0. The molecule has 1 heterocycles. The lowest BCUT2D eigenvalue weighted by Crippen LogP contribution is -2.17. The smallest absolute Gasteiger partial charge is 0.239 e. The number of hydrogen-bond donors (Lipinski definition) is 1. The average Bonchev–Trinajstić information content (AvgIpc) is 2.92. The van der Waals surface area contributed by atoms with Gasteiger partial charge in [-0.1, -0.05) is 12.1 Å². The number of rotatable bonds is 2. The molecule has 0 aliphatic rings. The van der Waals surface area contributed by atoms with Crippen molar-refractivity contribution in [2.24, 2.45) is 0 Å². The maximum absolute atomic E-state index is 12.5. The van der Waals surface area contributed by atoms with Crippen molar-refractivity contribution in [1.82, 2.24) is 15.0 Å². The lowest BCUT2D eigenvalue weighted by atomic mass is 10.1. The summed E-state index contributed by atoms with van der Waals surface area (Å²) < 4.78 is 23.5. The van der Waals surface area contributed by atoms with Gasteiger partial charge < -0.3 is 5.11 Å². The SMILES string of the molecule is Cc1ccc(C)c(-n2nc3ccc(S(=O)(=O)C(Br)(Br)Br)cc3n2)c1O. The molecule has 132 valence electrons. The first-order valence-corrected chi connectivity index (χ1v) is 10.9. The van der Waals surface area contributed by atoms with E-state index >= 15 is 0 Å². The zero-order chi connectivity index (χ0) is 18.6. The third kappa shape index (κ3) is 3.24. The first-order valence-electron chi connectivity index (χ1n) is 7.00. The zero-order valence-corrected chi connectivity index (χ0v) is 18.6. The highest BCUT2D eigenvalue weighted by Gasteiger charge is 2.37. The number of phenolic OH excluding ortho intramolecular Hbond substituents is 1. The molecule has 0 atom stereocenters. The number of phenols is 1. The van der Waals surface area contributed by atoms with Gasteiger partial charge in [0.1, 0.15) is 22.5 Å². The van der Waals surface area contributed by atoms with Crippen LogP contribution in [0.3, 0.4) is 0 Å². The van der Waals surface area contributed by atoms with Crippen molar-refractivity contribution in [3.63, 3.8) is 0 Å². The van der Waals surface area contributed by atoms with E-state index in [1.165, 1.54) is 16.9 Å². The number of sulfone groups is 1. The van der Waals surface area contributed by atoms with E-state index in [0.29, 0.717) is 22.3 Å². The van der Waals surface area contributed by atoms with Gasteiger partial charge in [0, 0.05) is 0 Å². The van der Waals surface area contributed by atoms with Crippen molar-refractivity contribution in [3.05, 3.63) is 41.5 Å². The van der Waals surface area contributed by atoms with Gasteiger partial charge in [-0.15, -0.1) is 15.0 Å². The Kier molecular flexibility index (Phi) is 4.76. The summed E-state index contributed by atoms with van der Waals surface area (Å²) in [5, 5.41) is 19.0. The fraction of sp³-hybridized carbons (Fsp3) is 0.200. The van der Waals surface area contributed by atoms with Crippen LogP contribution in [0.1, 0.15) is 11.1 Å². The van der Waals surface area contributed by atoms with Crippen LogP contribution in [-0.2, 0) is 9.84 Å². The first-order chi connectivity index (χ1) is 11.5. The van der Waals surface area contributed by atoms with Gasteiger partial charge in [0.2, 0.25) is 11.3 Å². The number of aromatic hydroxyl groups is 1. The molecular formula is C15H12Br3N3O3S. The molecule has 0 aliphatic carbocycles. The van der Waals surface area contributed by atoms with Gasteiger partial charge in [0.05, 0.1) is 4.90 Å². The van der Waals surface area contributed by atoms with Gasteiger partial charge in [0.25, 0.3) is 0 Å². The summed E-state index contributed by atoms with van der Waals surface area (Å²) in [7, 11) is -3.72. The van der Waals surface area contributed by atoms with Crippen LogP contribution in [0.5, 0.6) is 5.75 Å². The van der Waals surface area contributed by atoms with Gasteiger partial charge in [0.15, 0.2) is 0 Å². The van der Waals surface area contributed by atoms with Crippen LogP contribution in [0.2, 0.25) is 0 Å². The molecule has 0 bridgehead atoms. The van der Waals surface area contributed by atoms with Gasteiger partial charge >= 0.3 is 0 Å². The summed E-state index contributed by atoms with van der Waals surface area (Å²) in [6.07, 6.45) is 0. The molecule has 0 saturated carbocycles. The van der Waals surface area contributed by atoms with Crippen LogP contribution in [0.4, 0.5) is 0 Å². The van der Waals surface area contributed by atoms with Crippen LogP contribution < -0.4 is 0 Å². The number of aryl methyl sites for hydroxylation is 2. The predicted molar refractivity (Wildman–Crippen MR) is 107 cm³/mol. The van der Waals surface area contributed by atoms with Crippen molar-refractivity contribution in [2.75, 3.05) is 0 Å². The minimum absolute atomic E-state index is 0.0721. The molecule has 3 aromatic rings. The third-order valence-electron chi connectivity index (χ3n) is 3.72. The third-order valence-corrected chi connectivity index (χ3v) is 9.04. The van der Waals surface area contributed by atoms with E-state index in [1.807, 2.05) is 19.1 Å². The van der Waals surface area contributed by atoms with Gasteiger partial charge in [-0.25, -0.2) is 8.42 Å². The molecule has 0 saturated heterocycles. The number of alkyl halides is 3.